The van der Waals surface area contributed by atoms with Crippen molar-refractivity contribution in [3.8, 4) is 11.5 Å². The van der Waals surface area contributed by atoms with Gasteiger partial charge in [-0.15, -0.1) is 0 Å². The van der Waals surface area contributed by atoms with Crippen LogP contribution in [0.15, 0.2) is 12.1 Å². The lowest BCUT2D eigenvalue weighted by Crippen LogP contribution is -2.79. The third kappa shape index (κ3) is 2.81. The molecule has 1 N–H and O–H groups in total. The molecule has 1 aromatic carbocycles. The summed E-state index contributed by atoms with van der Waals surface area (Å²) in [5.74, 6) is 2.53. The number of aliphatic hydroxyl groups is 1. The van der Waals surface area contributed by atoms with E-state index in [0.29, 0.717) is 6.04 Å². The standard InChI is InChI=1S/C30H45NO4/c1-26(2,3)29(6,32)21-16-27(4)22-15-19-11-12-20(33-7)24-23(19)30(27,25(35-24)28(21,5)34-8)13-14-31(22)17-18-9-10-18/h11-12,18,21-22,25,32H,9-10,13-17H2,1-8H3/t21-,22+,25-,27+,28+,29?,30-/m0/s1. The molecule has 3 fully saturated rings. The van der Waals surface area contributed by atoms with E-state index in [1.807, 2.05) is 14.0 Å². The summed E-state index contributed by atoms with van der Waals surface area (Å²) in [4.78, 5) is 2.81. The van der Waals surface area contributed by atoms with Crippen molar-refractivity contribution in [2.45, 2.75) is 102 Å². The van der Waals surface area contributed by atoms with Crippen LogP contribution in [-0.2, 0) is 16.6 Å². The van der Waals surface area contributed by atoms with Gasteiger partial charge in [0.2, 0.25) is 0 Å². The number of benzene rings is 1. The van der Waals surface area contributed by atoms with Crippen molar-refractivity contribution in [1.29, 1.82) is 0 Å². The highest BCUT2D eigenvalue weighted by atomic mass is 16.6. The Morgan fingerprint density at radius 2 is 1.86 bits per heavy atom. The summed E-state index contributed by atoms with van der Waals surface area (Å²) in [6.45, 7) is 15.5. The molecule has 6 rings (SSSR count). The summed E-state index contributed by atoms with van der Waals surface area (Å²) in [6.07, 6.45) is 5.60. The fourth-order valence-corrected chi connectivity index (χ4v) is 8.87. The first-order valence-corrected chi connectivity index (χ1v) is 13.7. The van der Waals surface area contributed by atoms with Crippen LogP contribution < -0.4 is 9.47 Å². The molecule has 7 atom stereocenters. The molecule has 5 aliphatic rings. The Morgan fingerprint density at radius 1 is 1.14 bits per heavy atom. The summed E-state index contributed by atoms with van der Waals surface area (Å²) in [5.41, 5.74) is 0.745. The van der Waals surface area contributed by atoms with Gasteiger partial charge in [-0.3, -0.25) is 4.90 Å². The molecular weight excluding hydrogens is 438 g/mol. The average Bonchev–Trinajstić information content (AvgIpc) is 3.53. The second-order valence-electron chi connectivity index (χ2n) is 14.0. The van der Waals surface area contributed by atoms with Gasteiger partial charge >= 0.3 is 0 Å². The van der Waals surface area contributed by atoms with Crippen molar-refractivity contribution >= 4 is 0 Å². The van der Waals surface area contributed by atoms with Crippen LogP contribution >= 0.6 is 0 Å². The van der Waals surface area contributed by atoms with Gasteiger partial charge in [0.15, 0.2) is 11.5 Å². The predicted molar refractivity (Wildman–Crippen MR) is 137 cm³/mol. The van der Waals surface area contributed by atoms with Crippen LogP contribution in [0.5, 0.6) is 11.5 Å². The van der Waals surface area contributed by atoms with Crippen molar-refractivity contribution < 1.29 is 19.3 Å². The van der Waals surface area contributed by atoms with Crippen LogP contribution in [0, 0.1) is 22.7 Å². The van der Waals surface area contributed by atoms with Gasteiger partial charge < -0.3 is 19.3 Å². The molecule has 2 bridgehead atoms. The lowest BCUT2D eigenvalue weighted by atomic mass is 9.38. The zero-order valence-corrected chi connectivity index (χ0v) is 23.0. The van der Waals surface area contributed by atoms with E-state index < -0.39 is 11.2 Å². The highest BCUT2D eigenvalue weighted by Gasteiger charge is 2.77. The number of piperidine rings is 1. The highest BCUT2D eigenvalue weighted by molar-refractivity contribution is 5.63. The van der Waals surface area contributed by atoms with Gasteiger partial charge in [-0.2, -0.15) is 0 Å². The van der Waals surface area contributed by atoms with Crippen LogP contribution in [0.1, 0.15) is 78.4 Å². The number of ether oxygens (including phenoxy) is 3. The first-order valence-electron chi connectivity index (χ1n) is 13.7. The first kappa shape index (κ1) is 24.1. The third-order valence-corrected chi connectivity index (χ3v) is 11.6. The van der Waals surface area contributed by atoms with Gasteiger partial charge in [-0.1, -0.05) is 33.8 Å². The maximum Gasteiger partial charge on any atom is 0.165 e. The fraction of sp³-hybridized carbons (Fsp3) is 0.800. The summed E-state index contributed by atoms with van der Waals surface area (Å²) in [5, 5.41) is 12.2. The molecular formula is C30H45NO4. The van der Waals surface area contributed by atoms with E-state index in [2.05, 4.69) is 51.7 Å². The number of likely N-dealkylation sites (tertiary alicyclic amines) is 1. The average molecular weight is 484 g/mol. The number of hydrogen-bond acceptors (Lipinski definition) is 5. The van der Waals surface area contributed by atoms with Gasteiger partial charge in [0.05, 0.1) is 12.7 Å². The smallest absolute Gasteiger partial charge is 0.165 e. The van der Waals surface area contributed by atoms with E-state index in [-0.39, 0.29) is 28.3 Å². The third-order valence-electron chi connectivity index (χ3n) is 11.6. The fourth-order valence-electron chi connectivity index (χ4n) is 8.87. The molecule has 0 amide bonds. The summed E-state index contributed by atoms with van der Waals surface area (Å²) < 4.78 is 19.4. The maximum atomic E-state index is 12.2. The van der Waals surface area contributed by atoms with Crippen molar-refractivity contribution in [2.75, 3.05) is 27.3 Å². The number of methoxy groups -OCH3 is 2. The van der Waals surface area contributed by atoms with Gasteiger partial charge in [0.1, 0.15) is 11.7 Å². The first-order chi connectivity index (χ1) is 16.3. The molecule has 1 spiro atoms. The van der Waals surface area contributed by atoms with Crippen LogP contribution in [0.4, 0.5) is 0 Å². The minimum absolute atomic E-state index is 0.0344. The molecule has 0 radical (unpaired) electrons. The zero-order valence-electron chi connectivity index (χ0n) is 23.0. The number of nitrogens with zero attached hydrogens (tertiary/aromatic N) is 1. The summed E-state index contributed by atoms with van der Waals surface area (Å²) >= 11 is 0. The minimum atomic E-state index is -0.930. The van der Waals surface area contributed by atoms with Gasteiger partial charge in [0.25, 0.3) is 0 Å². The van der Waals surface area contributed by atoms with Crippen LogP contribution in [0.25, 0.3) is 0 Å². The molecule has 2 heterocycles. The molecule has 2 saturated carbocycles. The second kappa shape index (κ2) is 7.17. The van der Waals surface area contributed by atoms with E-state index in [0.717, 1.165) is 43.2 Å². The Labute approximate surface area is 211 Å². The summed E-state index contributed by atoms with van der Waals surface area (Å²) in [6, 6.07) is 4.83. The largest absolute Gasteiger partial charge is 0.493 e. The van der Waals surface area contributed by atoms with Crippen molar-refractivity contribution in [1.82, 2.24) is 4.90 Å². The monoisotopic (exact) mass is 483 g/mol. The maximum absolute atomic E-state index is 12.2. The van der Waals surface area contributed by atoms with Crippen LogP contribution in [-0.4, -0.2) is 60.7 Å². The number of hydrogen-bond donors (Lipinski definition) is 1. The van der Waals surface area contributed by atoms with Crippen molar-refractivity contribution in [3.63, 3.8) is 0 Å². The second-order valence-corrected chi connectivity index (χ2v) is 14.0. The Hall–Kier alpha value is -1.30. The lowest BCUT2D eigenvalue weighted by Gasteiger charge is -2.70. The van der Waals surface area contributed by atoms with E-state index in [9.17, 15) is 5.11 Å². The Balaban J connectivity index is 1.59. The van der Waals surface area contributed by atoms with Gasteiger partial charge in [-0.25, -0.2) is 0 Å². The lowest BCUT2D eigenvalue weighted by molar-refractivity contribution is -0.270. The molecule has 1 unspecified atom stereocenters. The van der Waals surface area contributed by atoms with E-state index in [1.165, 1.54) is 30.5 Å². The van der Waals surface area contributed by atoms with Crippen LogP contribution in [0.3, 0.4) is 0 Å². The predicted octanol–water partition coefficient (Wildman–Crippen LogP) is 4.96. The molecule has 1 saturated heterocycles. The normalized spacial score (nSPS) is 41.7. The Bertz CT molecular complexity index is 1040. The molecule has 5 nitrogen and oxygen atoms in total. The quantitative estimate of drug-likeness (QED) is 0.641. The van der Waals surface area contributed by atoms with Crippen LogP contribution in [0.2, 0.25) is 0 Å². The van der Waals surface area contributed by atoms with Crippen molar-refractivity contribution in [3.05, 3.63) is 23.3 Å². The SMILES string of the molecule is COc1ccc2c3c1O[C@H]1[C@](C)(OC)[C@@H](C(C)(O)C(C)(C)C)C[C@]4(C)[C@@H](C2)N(CC2CC2)CC[C@]314. The zero-order chi connectivity index (χ0) is 25.2. The molecule has 35 heavy (non-hydrogen) atoms. The van der Waals surface area contributed by atoms with Gasteiger partial charge in [0, 0.05) is 36.6 Å². The van der Waals surface area contributed by atoms with E-state index >= 15 is 0 Å². The molecule has 3 aliphatic carbocycles. The van der Waals surface area contributed by atoms with E-state index in [4.69, 9.17) is 14.2 Å². The molecule has 1 aromatic rings. The van der Waals surface area contributed by atoms with Gasteiger partial charge in [-0.05, 0) is 80.9 Å². The molecule has 0 aromatic heterocycles. The topological polar surface area (TPSA) is 51.2 Å². The minimum Gasteiger partial charge on any atom is -0.493 e. The molecule has 2 aliphatic heterocycles. The Kier molecular flexibility index (Phi) is 4.93. The van der Waals surface area contributed by atoms with Crippen molar-refractivity contribution in [2.24, 2.45) is 22.7 Å². The highest BCUT2D eigenvalue weighted by Crippen LogP contribution is 2.73. The Morgan fingerprint density at radius 3 is 2.46 bits per heavy atom. The number of rotatable bonds is 5. The molecule has 5 heteroatoms. The van der Waals surface area contributed by atoms with E-state index in [1.54, 1.807) is 7.11 Å². The molecule has 194 valence electrons. The summed E-state index contributed by atoms with van der Waals surface area (Å²) in [7, 11) is 3.56.